The van der Waals surface area contributed by atoms with Gasteiger partial charge in [0, 0.05) is 48.5 Å². The Hall–Kier alpha value is -4.00. The van der Waals surface area contributed by atoms with Gasteiger partial charge in [0.15, 0.2) is 22.2 Å². The number of hydrogen-bond donors (Lipinski definition) is 2. The van der Waals surface area contributed by atoms with Crippen molar-refractivity contribution in [3.8, 4) is 17.0 Å². The predicted molar refractivity (Wildman–Crippen MR) is 152 cm³/mol. The number of anilines is 2. The van der Waals surface area contributed by atoms with Crippen molar-refractivity contribution in [2.24, 2.45) is 0 Å². The molecule has 0 saturated carbocycles. The number of nitrogens with zero attached hydrogens (tertiary/aromatic N) is 4. The summed E-state index contributed by atoms with van der Waals surface area (Å²) in [7, 11) is 0. The lowest BCUT2D eigenvalue weighted by molar-refractivity contribution is 0.0322. The van der Waals surface area contributed by atoms with Crippen molar-refractivity contribution in [3.05, 3.63) is 60.5 Å². The van der Waals surface area contributed by atoms with E-state index in [4.69, 9.17) is 25.2 Å². The van der Waals surface area contributed by atoms with Gasteiger partial charge in [-0.3, -0.25) is 14.6 Å². The van der Waals surface area contributed by atoms with Crippen molar-refractivity contribution in [1.82, 2.24) is 19.4 Å². The molecule has 2 amide bonds. The largest absolute Gasteiger partial charge is 0.492 e. The highest BCUT2D eigenvalue weighted by Crippen LogP contribution is 2.32. The number of carbonyl (C=O) groups excluding carboxylic acids is 1. The van der Waals surface area contributed by atoms with Crippen LogP contribution in [0.15, 0.2) is 59.3 Å². The second kappa shape index (κ2) is 10.9. The number of hydrogen-bond acceptors (Lipinski definition) is 8. The van der Waals surface area contributed by atoms with Gasteiger partial charge in [0.05, 0.1) is 34.5 Å². The predicted octanol–water partition coefficient (Wildman–Crippen LogP) is 5.76. The third kappa shape index (κ3) is 5.79. The Morgan fingerprint density at radius 1 is 1.18 bits per heavy atom. The molecule has 3 aromatic heterocycles. The molecular weight excluding hydrogens is 535 g/mol. The molecule has 208 valence electrons. The lowest BCUT2D eigenvalue weighted by Crippen LogP contribution is -2.38. The van der Waals surface area contributed by atoms with Crippen LogP contribution in [0.4, 0.5) is 20.7 Å². The van der Waals surface area contributed by atoms with Crippen molar-refractivity contribution in [2.45, 2.75) is 19.5 Å². The number of rotatable bonds is 8. The van der Waals surface area contributed by atoms with E-state index in [-0.39, 0.29) is 18.2 Å². The minimum atomic E-state index is -3.11. The first-order valence-corrected chi connectivity index (χ1v) is 13.0. The summed E-state index contributed by atoms with van der Waals surface area (Å²) in [6.07, 6.45) is 1.86. The highest BCUT2D eigenvalue weighted by atomic mass is 32.1. The van der Waals surface area contributed by atoms with E-state index in [2.05, 4.69) is 20.5 Å². The minimum Gasteiger partial charge on any atom is -0.492 e. The van der Waals surface area contributed by atoms with Gasteiger partial charge in [-0.05, 0) is 44.2 Å². The van der Waals surface area contributed by atoms with Crippen molar-refractivity contribution >= 4 is 44.1 Å². The molecule has 10 nitrogen and oxygen atoms in total. The number of urea groups is 1. The van der Waals surface area contributed by atoms with Crippen molar-refractivity contribution in [1.29, 1.82) is 0 Å². The molecule has 1 fully saturated rings. The molecule has 0 spiro atoms. The number of benzene rings is 2. The van der Waals surface area contributed by atoms with E-state index in [1.165, 1.54) is 31.3 Å². The molecule has 0 unspecified atom stereocenters. The third-order valence-electron chi connectivity index (χ3n) is 5.89. The summed E-state index contributed by atoms with van der Waals surface area (Å²) in [4.78, 5) is 18.2. The number of fused-ring (bicyclic) bond motifs is 3. The average molecular weight is 573 g/mol. The Morgan fingerprint density at radius 3 is 2.73 bits per heavy atom. The van der Waals surface area contributed by atoms with E-state index in [9.17, 15) is 9.18 Å². The van der Waals surface area contributed by atoms with E-state index < -0.39 is 44.4 Å². The number of nitrogens with one attached hydrogen (secondary N) is 2. The fraction of sp³-hybridized carbons (Fsp3) is 0.321. The molecule has 1 aliphatic heterocycles. The van der Waals surface area contributed by atoms with Gasteiger partial charge in [-0.15, -0.1) is 0 Å². The molecule has 2 N–H and O–H groups in total. The summed E-state index contributed by atoms with van der Waals surface area (Å²) >= 11 is 1.39. The summed E-state index contributed by atoms with van der Waals surface area (Å²) in [5.74, 6) is 0.463. The monoisotopic (exact) mass is 572 g/mol. The van der Waals surface area contributed by atoms with Crippen LogP contribution < -0.4 is 15.4 Å². The van der Waals surface area contributed by atoms with Crippen LogP contribution in [0, 0.1) is 0 Å². The zero-order valence-corrected chi connectivity index (χ0v) is 22.1. The van der Waals surface area contributed by atoms with Gasteiger partial charge in [0.2, 0.25) is 0 Å². The first-order valence-electron chi connectivity index (χ1n) is 16.2. The van der Waals surface area contributed by atoms with Crippen LogP contribution >= 0.6 is 11.3 Å². The van der Waals surface area contributed by atoms with Crippen LogP contribution in [0.3, 0.4) is 0 Å². The van der Waals surface area contributed by atoms with Gasteiger partial charge in [0.25, 0.3) is 0 Å². The van der Waals surface area contributed by atoms with Crippen LogP contribution in [-0.2, 0) is 10.4 Å². The fourth-order valence-electron chi connectivity index (χ4n) is 3.90. The normalized spacial score (nSPS) is 22.6. The number of imidazole rings is 1. The Bertz CT molecular complexity index is 1970. The molecule has 40 heavy (non-hydrogen) atoms. The molecule has 1 saturated heterocycles. The van der Waals surface area contributed by atoms with Crippen molar-refractivity contribution < 1.29 is 34.1 Å². The van der Waals surface area contributed by atoms with E-state index in [0.717, 1.165) is 15.8 Å². The van der Waals surface area contributed by atoms with Crippen LogP contribution in [0.5, 0.6) is 5.75 Å². The SMILES string of the molecule is [2H]C1([2H])OC([2H])([2H])C([2H])([2H])N(CCOc2ccc3c(c2)sc2nc(-c4ccc(NC(=O)Nc5cc(C(C)(C)F)on5)cc4)cn23)C1([2H])[2H]. The number of halogens is 1. The van der Waals surface area contributed by atoms with Gasteiger partial charge in [-0.1, -0.05) is 28.6 Å². The molecule has 5 aromatic rings. The van der Waals surface area contributed by atoms with Crippen LogP contribution in [-0.4, -0.2) is 64.7 Å². The van der Waals surface area contributed by atoms with Gasteiger partial charge in [-0.2, -0.15) is 0 Å². The summed E-state index contributed by atoms with van der Waals surface area (Å²) in [6, 6.07) is 13.0. The topological polar surface area (TPSA) is 106 Å². The van der Waals surface area contributed by atoms with E-state index in [1.807, 2.05) is 16.7 Å². The van der Waals surface area contributed by atoms with Gasteiger partial charge < -0.3 is 19.3 Å². The first kappa shape index (κ1) is 18.4. The molecule has 0 radical (unpaired) electrons. The van der Waals surface area contributed by atoms with Crippen LogP contribution in [0.2, 0.25) is 0 Å². The Balaban J connectivity index is 1.10. The summed E-state index contributed by atoms with van der Waals surface area (Å²) in [6.45, 7) is -10.3. The second-order valence-electron chi connectivity index (χ2n) is 9.25. The van der Waals surface area contributed by atoms with E-state index in [1.54, 1.807) is 36.4 Å². The molecule has 2 aromatic carbocycles. The highest BCUT2D eigenvalue weighted by Gasteiger charge is 2.25. The lowest BCUT2D eigenvalue weighted by Gasteiger charge is -2.26. The standard InChI is InChI=1S/C28H29FN6O4S/c1-28(2,29)24-16-25(33-39-24)32-26(36)30-19-5-3-18(4-6-19)21-17-35-22-8-7-20(15-23(22)40-27(35)31-21)38-14-11-34-9-12-37-13-10-34/h3-8,15-17H,9-14H2,1-2H3,(H2,30,32,33,36)/i9D2,10D2,12D2,13D2. The Kier molecular flexibility index (Phi) is 4.99. The maximum atomic E-state index is 14.0. The Labute approximate surface area is 244 Å². The van der Waals surface area contributed by atoms with Gasteiger partial charge in [0.1, 0.15) is 12.4 Å². The highest BCUT2D eigenvalue weighted by molar-refractivity contribution is 7.23. The fourth-order valence-corrected chi connectivity index (χ4v) is 4.94. The number of morpholine rings is 1. The molecule has 12 heteroatoms. The zero-order chi connectivity index (χ0) is 34.9. The summed E-state index contributed by atoms with van der Waals surface area (Å²) in [5, 5.41) is 8.82. The number of ether oxygens (including phenoxy) is 2. The second-order valence-corrected chi connectivity index (χ2v) is 10.3. The van der Waals surface area contributed by atoms with Crippen LogP contribution in [0.1, 0.15) is 30.6 Å². The molecular formula is C28H29FN6O4S. The molecule has 4 heterocycles. The minimum absolute atomic E-state index is 0.0110. The smallest absolute Gasteiger partial charge is 0.324 e. The van der Waals surface area contributed by atoms with E-state index in [0.29, 0.717) is 27.0 Å². The number of amides is 2. The number of thiazole rings is 1. The van der Waals surface area contributed by atoms with Crippen LogP contribution in [0.25, 0.3) is 26.4 Å². The molecule has 0 bridgehead atoms. The number of aromatic nitrogens is 3. The van der Waals surface area contributed by atoms with Crippen molar-refractivity contribution in [2.75, 3.05) is 49.9 Å². The first-order chi connectivity index (χ1) is 22.3. The zero-order valence-electron chi connectivity index (χ0n) is 29.3. The molecule has 0 aliphatic carbocycles. The average Bonchev–Trinajstić information content (AvgIpc) is 3.69. The Morgan fingerprint density at radius 2 is 1.98 bits per heavy atom. The summed E-state index contributed by atoms with van der Waals surface area (Å²) in [5.41, 5.74) is 1.10. The van der Waals surface area contributed by atoms with Crippen molar-refractivity contribution in [3.63, 3.8) is 0 Å². The maximum absolute atomic E-state index is 14.0. The van der Waals surface area contributed by atoms with Gasteiger partial charge in [-0.25, -0.2) is 14.2 Å². The summed E-state index contributed by atoms with van der Waals surface area (Å²) < 4.78 is 95.6. The number of carbonyl (C=O) groups is 1. The molecule has 0 atom stereocenters. The molecule has 1 aliphatic rings. The number of alkyl halides is 1. The van der Waals surface area contributed by atoms with Gasteiger partial charge >= 0.3 is 6.03 Å². The maximum Gasteiger partial charge on any atom is 0.324 e. The third-order valence-corrected chi connectivity index (χ3v) is 6.91. The quantitative estimate of drug-likeness (QED) is 0.243. The molecule has 6 rings (SSSR count). The lowest BCUT2D eigenvalue weighted by atomic mass is 10.1. The van der Waals surface area contributed by atoms with E-state index >= 15 is 0 Å².